The number of sulfone groups is 1. The fraction of sp³-hybridized carbons (Fsp3) is 0.462. The monoisotopic (exact) mass is 345 g/mol. The normalized spacial score (nSPS) is 25.2. The summed E-state index contributed by atoms with van der Waals surface area (Å²) < 4.78 is 23.9. The summed E-state index contributed by atoms with van der Waals surface area (Å²) >= 11 is 3.34. The second-order valence-corrected chi connectivity index (χ2v) is 8.35. The molecule has 4 nitrogen and oxygen atoms in total. The molecule has 0 bridgehead atoms. The van der Waals surface area contributed by atoms with E-state index in [1.807, 2.05) is 24.3 Å². The van der Waals surface area contributed by atoms with Crippen molar-refractivity contribution >= 4 is 31.7 Å². The van der Waals surface area contributed by atoms with Crippen molar-refractivity contribution in [2.75, 3.05) is 11.5 Å². The van der Waals surface area contributed by atoms with Crippen LogP contribution in [-0.4, -0.2) is 31.4 Å². The number of halogens is 1. The zero-order valence-electron chi connectivity index (χ0n) is 10.6. The van der Waals surface area contributed by atoms with E-state index < -0.39 is 15.4 Å². The van der Waals surface area contributed by atoms with Crippen molar-refractivity contribution < 1.29 is 13.2 Å². The molecule has 1 fully saturated rings. The summed E-state index contributed by atoms with van der Waals surface area (Å²) in [4.78, 5) is 12.0. The van der Waals surface area contributed by atoms with Crippen LogP contribution >= 0.6 is 15.9 Å². The Morgan fingerprint density at radius 3 is 2.53 bits per heavy atom. The van der Waals surface area contributed by atoms with Crippen LogP contribution in [0.25, 0.3) is 0 Å². The van der Waals surface area contributed by atoms with Gasteiger partial charge in [0.05, 0.1) is 23.5 Å². The van der Waals surface area contributed by atoms with Gasteiger partial charge < -0.3 is 5.32 Å². The van der Waals surface area contributed by atoms with E-state index in [4.69, 9.17) is 0 Å². The number of nitrogens with one attached hydrogen (secondary N) is 1. The lowest BCUT2D eigenvalue weighted by Gasteiger charge is -2.23. The molecule has 1 heterocycles. The number of hydrogen-bond donors (Lipinski definition) is 1. The van der Waals surface area contributed by atoms with Crippen molar-refractivity contribution in [2.45, 2.75) is 25.3 Å². The lowest BCUT2D eigenvalue weighted by Crippen LogP contribution is -2.47. The summed E-state index contributed by atoms with van der Waals surface area (Å²) in [6, 6.07) is 7.50. The molecule has 0 spiro atoms. The molecule has 1 aromatic rings. The minimum atomic E-state index is -3.00. The number of amides is 1. The van der Waals surface area contributed by atoms with Gasteiger partial charge in [0.25, 0.3) is 0 Å². The van der Waals surface area contributed by atoms with Crippen LogP contribution in [0.4, 0.5) is 0 Å². The highest BCUT2D eigenvalue weighted by Gasteiger charge is 2.39. The first-order valence-corrected chi connectivity index (χ1v) is 8.65. The first-order chi connectivity index (χ1) is 8.78. The average Bonchev–Trinajstić information content (AvgIpc) is 2.56. The van der Waals surface area contributed by atoms with Gasteiger partial charge in [0.2, 0.25) is 5.91 Å². The number of benzene rings is 1. The van der Waals surface area contributed by atoms with Crippen LogP contribution in [0.3, 0.4) is 0 Å². The van der Waals surface area contributed by atoms with Gasteiger partial charge in [-0.15, -0.1) is 0 Å². The van der Waals surface area contributed by atoms with Gasteiger partial charge >= 0.3 is 0 Å². The molecule has 1 unspecified atom stereocenters. The van der Waals surface area contributed by atoms with Crippen molar-refractivity contribution in [3.05, 3.63) is 34.3 Å². The van der Waals surface area contributed by atoms with Crippen LogP contribution in [0.2, 0.25) is 0 Å². The molecule has 1 aromatic carbocycles. The van der Waals surface area contributed by atoms with E-state index in [2.05, 4.69) is 21.2 Å². The lowest BCUT2D eigenvalue weighted by atomic mass is 10.0. The average molecular weight is 346 g/mol. The Morgan fingerprint density at radius 2 is 2.00 bits per heavy atom. The van der Waals surface area contributed by atoms with Gasteiger partial charge in [-0.25, -0.2) is 8.42 Å². The van der Waals surface area contributed by atoms with E-state index in [0.29, 0.717) is 6.42 Å². The van der Waals surface area contributed by atoms with E-state index in [9.17, 15) is 13.2 Å². The fourth-order valence-corrected chi connectivity index (χ4v) is 4.63. The Morgan fingerprint density at radius 1 is 1.37 bits per heavy atom. The molecule has 2 rings (SSSR count). The van der Waals surface area contributed by atoms with E-state index in [0.717, 1.165) is 10.0 Å². The molecule has 0 radical (unpaired) electrons. The van der Waals surface area contributed by atoms with E-state index >= 15 is 0 Å². The highest BCUT2D eigenvalue weighted by molar-refractivity contribution is 9.10. The van der Waals surface area contributed by atoms with Gasteiger partial charge in [0, 0.05) is 4.47 Å². The van der Waals surface area contributed by atoms with Gasteiger partial charge in [0.15, 0.2) is 9.84 Å². The van der Waals surface area contributed by atoms with Gasteiger partial charge in [-0.05, 0) is 31.0 Å². The van der Waals surface area contributed by atoms with E-state index in [-0.39, 0.29) is 23.8 Å². The van der Waals surface area contributed by atoms with Crippen molar-refractivity contribution in [1.29, 1.82) is 0 Å². The summed E-state index contributed by atoms with van der Waals surface area (Å²) in [7, 11) is -3.00. The van der Waals surface area contributed by atoms with Crippen LogP contribution in [0.5, 0.6) is 0 Å². The van der Waals surface area contributed by atoms with Gasteiger partial charge in [-0.1, -0.05) is 28.1 Å². The number of hydrogen-bond acceptors (Lipinski definition) is 3. The number of carbonyl (C=O) groups excluding carboxylic acids is 1. The lowest BCUT2D eigenvalue weighted by molar-refractivity contribution is -0.121. The number of rotatable bonds is 3. The van der Waals surface area contributed by atoms with Gasteiger partial charge in [-0.3, -0.25) is 4.79 Å². The molecule has 1 amide bonds. The second-order valence-electron chi connectivity index (χ2n) is 5.25. The Kier molecular flexibility index (Phi) is 4.01. The summed E-state index contributed by atoms with van der Waals surface area (Å²) in [5, 5.41) is 2.84. The summed E-state index contributed by atoms with van der Waals surface area (Å²) in [5.74, 6) is 0.0515. The minimum absolute atomic E-state index is 0.0338. The fourth-order valence-electron chi connectivity index (χ4n) is 2.28. The van der Waals surface area contributed by atoms with Crippen LogP contribution in [-0.2, 0) is 21.1 Å². The van der Waals surface area contributed by atoms with Gasteiger partial charge in [-0.2, -0.15) is 0 Å². The topological polar surface area (TPSA) is 63.2 Å². The quantitative estimate of drug-likeness (QED) is 0.906. The maximum atomic E-state index is 12.0. The molecule has 1 aliphatic rings. The minimum Gasteiger partial charge on any atom is -0.350 e. The summed E-state index contributed by atoms with van der Waals surface area (Å²) in [6.45, 7) is 1.79. The third-order valence-corrected chi connectivity index (χ3v) is 5.65. The predicted molar refractivity (Wildman–Crippen MR) is 77.7 cm³/mol. The Hall–Kier alpha value is -0.880. The van der Waals surface area contributed by atoms with E-state index in [1.165, 1.54) is 0 Å². The Labute approximate surface area is 121 Å². The molecule has 1 N–H and O–H groups in total. The maximum Gasteiger partial charge on any atom is 0.224 e. The highest BCUT2D eigenvalue weighted by atomic mass is 79.9. The van der Waals surface area contributed by atoms with Crippen molar-refractivity contribution in [3.63, 3.8) is 0 Å². The Bertz CT molecular complexity index is 582. The molecule has 0 saturated carbocycles. The van der Waals surface area contributed by atoms with Crippen molar-refractivity contribution in [3.8, 4) is 0 Å². The Balaban J connectivity index is 1.97. The molecule has 19 heavy (non-hydrogen) atoms. The molecule has 1 atom stereocenters. The summed E-state index contributed by atoms with van der Waals surface area (Å²) in [6.07, 6.45) is 0.754. The molecular formula is C13H16BrNO3S. The first kappa shape index (κ1) is 14.5. The second kappa shape index (κ2) is 5.25. The number of carbonyl (C=O) groups is 1. The van der Waals surface area contributed by atoms with Gasteiger partial charge in [0.1, 0.15) is 0 Å². The molecule has 0 aromatic heterocycles. The molecular weight excluding hydrogens is 330 g/mol. The van der Waals surface area contributed by atoms with Crippen LogP contribution in [0.1, 0.15) is 18.9 Å². The molecule has 0 aliphatic carbocycles. The molecule has 104 valence electrons. The zero-order valence-corrected chi connectivity index (χ0v) is 13.1. The van der Waals surface area contributed by atoms with E-state index in [1.54, 1.807) is 6.92 Å². The molecule has 6 heteroatoms. The third kappa shape index (κ3) is 4.04. The largest absolute Gasteiger partial charge is 0.350 e. The van der Waals surface area contributed by atoms with Crippen LogP contribution < -0.4 is 5.32 Å². The van der Waals surface area contributed by atoms with Crippen molar-refractivity contribution in [1.82, 2.24) is 5.32 Å². The maximum absolute atomic E-state index is 12.0. The van der Waals surface area contributed by atoms with Crippen LogP contribution in [0.15, 0.2) is 28.7 Å². The van der Waals surface area contributed by atoms with Crippen molar-refractivity contribution in [2.24, 2.45) is 0 Å². The predicted octanol–water partition coefficient (Wildman–Crippen LogP) is 1.68. The zero-order chi connectivity index (χ0) is 14.1. The standard InChI is InChI=1S/C13H16BrNO3S/c1-13(6-7-19(17,18)9-13)15-12(16)8-10-2-4-11(14)5-3-10/h2-5H,6-9H2,1H3,(H,15,16). The molecule has 1 aliphatic heterocycles. The SMILES string of the molecule is CC1(NC(=O)Cc2ccc(Br)cc2)CCS(=O)(=O)C1. The summed E-state index contributed by atoms with van der Waals surface area (Å²) in [5.41, 5.74) is 0.288. The smallest absolute Gasteiger partial charge is 0.224 e. The molecule has 1 saturated heterocycles. The highest BCUT2D eigenvalue weighted by Crippen LogP contribution is 2.23. The third-order valence-electron chi connectivity index (χ3n) is 3.22. The first-order valence-electron chi connectivity index (χ1n) is 6.04. The van der Waals surface area contributed by atoms with Crippen LogP contribution in [0, 0.1) is 0 Å².